The summed E-state index contributed by atoms with van der Waals surface area (Å²) >= 11 is 0. The molecule has 0 aliphatic rings. The van der Waals surface area contributed by atoms with Crippen LogP contribution in [-0.4, -0.2) is 68.1 Å². The summed E-state index contributed by atoms with van der Waals surface area (Å²) in [6.45, 7) is 0.897. The Hall–Kier alpha value is -0.730. The molecule has 21 heavy (non-hydrogen) atoms. The molecule has 0 aliphatic carbocycles. The predicted octanol–water partition coefficient (Wildman–Crippen LogP) is -0.125. The second-order valence-electron chi connectivity index (χ2n) is 4.90. The third-order valence-corrected chi connectivity index (χ3v) is 2.91. The highest BCUT2D eigenvalue weighted by Gasteiger charge is 2.22. The van der Waals surface area contributed by atoms with Crippen molar-refractivity contribution in [3.63, 3.8) is 0 Å². The van der Waals surface area contributed by atoms with Gasteiger partial charge in [0.15, 0.2) is 0 Å². The molecule has 0 aromatic carbocycles. The molecule has 0 bridgehead atoms. The Morgan fingerprint density at radius 2 is 1.29 bits per heavy atom. The van der Waals surface area contributed by atoms with Crippen LogP contribution in [0, 0.1) is 0 Å². The maximum Gasteiger partial charge on any atom is 0.303 e. The van der Waals surface area contributed by atoms with Gasteiger partial charge < -0.3 is 30.6 Å². The van der Waals surface area contributed by atoms with E-state index >= 15 is 0 Å². The molecule has 7 heteroatoms. The summed E-state index contributed by atoms with van der Waals surface area (Å²) in [6, 6.07) is 0. The molecule has 0 amide bonds. The van der Waals surface area contributed by atoms with E-state index in [-0.39, 0.29) is 0 Å². The van der Waals surface area contributed by atoms with Crippen molar-refractivity contribution in [3.8, 4) is 0 Å². The molecule has 0 rings (SSSR count). The van der Waals surface area contributed by atoms with Crippen LogP contribution in [0.4, 0.5) is 0 Å². The lowest BCUT2D eigenvalue weighted by Crippen LogP contribution is -2.41. The predicted molar refractivity (Wildman–Crippen MR) is 77.8 cm³/mol. The Kier molecular flexibility index (Phi) is 16.8. The molecule has 0 aromatic rings. The minimum atomic E-state index is -1.49. The van der Waals surface area contributed by atoms with Gasteiger partial charge in [-0.15, -0.1) is 0 Å². The van der Waals surface area contributed by atoms with Crippen LogP contribution in [0.1, 0.15) is 51.9 Å². The molecule has 0 aromatic heterocycles. The average molecular weight is 310 g/mol. The fraction of sp³-hybridized carbons (Fsp3) is 0.929. The van der Waals surface area contributed by atoms with Gasteiger partial charge >= 0.3 is 5.97 Å². The van der Waals surface area contributed by atoms with Gasteiger partial charge in [-0.2, -0.15) is 0 Å². The van der Waals surface area contributed by atoms with E-state index in [0.29, 0.717) is 6.42 Å². The normalized spacial score (nSPS) is 14.8. The van der Waals surface area contributed by atoms with Crippen LogP contribution in [0.2, 0.25) is 0 Å². The van der Waals surface area contributed by atoms with Crippen LogP contribution in [0.15, 0.2) is 0 Å². The van der Waals surface area contributed by atoms with Crippen molar-refractivity contribution >= 4 is 5.97 Å². The number of hydrogen-bond donors (Lipinski definition) is 6. The highest BCUT2D eigenvalue weighted by Crippen LogP contribution is 2.06. The van der Waals surface area contributed by atoms with Crippen molar-refractivity contribution in [1.29, 1.82) is 0 Å². The molecule has 0 heterocycles. The van der Waals surface area contributed by atoms with E-state index in [9.17, 15) is 4.79 Å². The van der Waals surface area contributed by atoms with Crippen LogP contribution in [0.5, 0.6) is 0 Å². The molecule has 6 N–H and O–H groups in total. The van der Waals surface area contributed by atoms with Crippen molar-refractivity contribution in [2.75, 3.05) is 13.2 Å². The first kappa shape index (κ1) is 22.5. The second-order valence-corrected chi connectivity index (χ2v) is 4.90. The standard InChI is InChI=1S/C9H18O2.C5H12O5/c1-2-3-4-5-6-7-8-9(10)11;6-1-3(8)5(10)4(9)2-7/h2-8H2,1H3,(H,10,11);3-10H,1-2H2/t;3-,4+,5?. The van der Waals surface area contributed by atoms with Crippen LogP contribution in [-0.2, 0) is 4.79 Å². The molecule has 0 fully saturated rings. The van der Waals surface area contributed by atoms with Crippen molar-refractivity contribution in [2.24, 2.45) is 0 Å². The first-order valence-electron chi connectivity index (χ1n) is 7.38. The summed E-state index contributed by atoms with van der Waals surface area (Å²) in [5.74, 6) is -0.666. The number of aliphatic hydroxyl groups excluding tert-OH is 5. The van der Waals surface area contributed by atoms with Crippen LogP contribution in [0.3, 0.4) is 0 Å². The lowest BCUT2D eigenvalue weighted by molar-refractivity contribution is -0.137. The van der Waals surface area contributed by atoms with Crippen molar-refractivity contribution in [3.05, 3.63) is 0 Å². The third kappa shape index (κ3) is 15.5. The third-order valence-electron chi connectivity index (χ3n) is 2.91. The number of carboxylic acid groups (broad SMARTS) is 1. The first-order valence-corrected chi connectivity index (χ1v) is 7.38. The fourth-order valence-corrected chi connectivity index (χ4v) is 1.53. The number of rotatable bonds is 11. The summed E-state index contributed by atoms with van der Waals surface area (Å²) < 4.78 is 0. The molecular weight excluding hydrogens is 280 g/mol. The monoisotopic (exact) mass is 310 g/mol. The summed E-state index contributed by atoms with van der Waals surface area (Å²) in [5, 5.41) is 50.9. The zero-order chi connectivity index (χ0) is 16.7. The minimum absolute atomic E-state index is 0.339. The Bertz CT molecular complexity index is 225. The topological polar surface area (TPSA) is 138 Å². The molecule has 128 valence electrons. The molecule has 0 aliphatic heterocycles. The van der Waals surface area contributed by atoms with Gasteiger partial charge in [0.25, 0.3) is 0 Å². The maximum absolute atomic E-state index is 10.1. The van der Waals surface area contributed by atoms with Gasteiger partial charge in [0.2, 0.25) is 0 Å². The smallest absolute Gasteiger partial charge is 0.303 e. The molecule has 0 radical (unpaired) electrons. The lowest BCUT2D eigenvalue weighted by Gasteiger charge is -2.19. The second kappa shape index (κ2) is 15.7. The lowest BCUT2D eigenvalue weighted by atomic mass is 10.1. The van der Waals surface area contributed by atoms with E-state index in [1.807, 2.05) is 0 Å². The highest BCUT2D eigenvalue weighted by atomic mass is 16.4. The van der Waals surface area contributed by atoms with Gasteiger partial charge in [-0.25, -0.2) is 0 Å². The van der Waals surface area contributed by atoms with Gasteiger partial charge in [0.1, 0.15) is 18.3 Å². The van der Waals surface area contributed by atoms with Gasteiger partial charge in [0.05, 0.1) is 13.2 Å². The summed E-state index contributed by atoms with van der Waals surface area (Å²) in [7, 11) is 0. The molecule has 7 nitrogen and oxygen atoms in total. The largest absolute Gasteiger partial charge is 0.481 e. The van der Waals surface area contributed by atoms with E-state index in [2.05, 4.69) is 6.92 Å². The fourth-order valence-electron chi connectivity index (χ4n) is 1.53. The summed E-state index contributed by atoms with van der Waals surface area (Å²) in [5.41, 5.74) is 0. The van der Waals surface area contributed by atoms with Crippen LogP contribution >= 0.6 is 0 Å². The van der Waals surface area contributed by atoms with Crippen molar-refractivity contribution in [1.82, 2.24) is 0 Å². The van der Waals surface area contributed by atoms with Gasteiger partial charge in [0, 0.05) is 6.42 Å². The number of aliphatic carboxylic acids is 1. The highest BCUT2D eigenvalue weighted by molar-refractivity contribution is 5.66. The maximum atomic E-state index is 10.1. The summed E-state index contributed by atoms with van der Waals surface area (Å²) in [4.78, 5) is 10.1. The van der Waals surface area contributed by atoms with E-state index in [1.165, 1.54) is 25.7 Å². The Morgan fingerprint density at radius 3 is 1.67 bits per heavy atom. The Morgan fingerprint density at radius 1 is 0.857 bits per heavy atom. The SMILES string of the molecule is CCCCCCCCC(=O)O.OC[C@@H](O)C(O)[C@@H](O)CO. The number of carboxylic acids is 1. The summed E-state index contributed by atoms with van der Waals surface area (Å²) in [6.07, 6.45) is 2.96. The number of carbonyl (C=O) groups is 1. The first-order chi connectivity index (χ1) is 9.90. The van der Waals surface area contributed by atoms with E-state index < -0.39 is 37.5 Å². The molecule has 3 atom stereocenters. The van der Waals surface area contributed by atoms with Gasteiger partial charge in [-0.1, -0.05) is 39.0 Å². The van der Waals surface area contributed by atoms with Gasteiger partial charge in [-0.05, 0) is 6.42 Å². The Labute approximate surface area is 125 Å². The quantitative estimate of drug-likeness (QED) is 0.292. The van der Waals surface area contributed by atoms with Crippen LogP contribution < -0.4 is 0 Å². The minimum Gasteiger partial charge on any atom is -0.481 e. The zero-order valence-electron chi connectivity index (χ0n) is 12.7. The molecular formula is C14H30O7. The van der Waals surface area contributed by atoms with Crippen molar-refractivity contribution < 1.29 is 35.4 Å². The number of aliphatic hydroxyl groups is 5. The van der Waals surface area contributed by atoms with E-state index in [0.717, 1.165) is 12.8 Å². The van der Waals surface area contributed by atoms with Gasteiger partial charge in [-0.3, -0.25) is 4.79 Å². The molecule has 0 spiro atoms. The molecule has 0 saturated carbocycles. The van der Waals surface area contributed by atoms with Crippen LogP contribution in [0.25, 0.3) is 0 Å². The molecule has 0 saturated heterocycles. The number of hydrogen-bond acceptors (Lipinski definition) is 6. The van der Waals surface area contributed by atoms with E-state index in [4.69, 9.17) is 30.6 Å². The van der Waals surface area contributed by atoms with E-state index in [1.54, 1.807) is 0 Å². The average Bonchev–Trinajstić information content (AvgIpc) is 2.48. The molecule has 1 unspecified atom stereocenters. The van der Waals surface area contributed by atoms with Crippen molar-refractivity contribution in [2.45, 2.75) is 70.2 Å². The Balaban J connectivity index is 0. The zero-order valence-corrected chi connectivity index (χ0v) is 12.7. The number of unbranched alkanes of at least 4 members (excludes halogenated alkanes) is 5.